The average Bonchev–Trinajstić information content (AvgIpc) is 2.54. The summed E-state index contributed by atoms with van der Waals surface area (Å²) in [6, 6.07) is -0.494. The molecule has 20 heavy (non-hydrogen) atoms. The molecule has 2 rings (SSSR count). The molecule has 0 bridgehead atoms. The second-order valence-electron chi connectivity index (χ2n) is 5.62. The second kappa shape index (κ2) is 6.54. The number of likely N-dealkylation sites (N-methyl/N-ethyl adjacent to an activating group) is 1. The van der Waals surface area contributed by atoms with E-state index in [1.165, 1.54) is 0 Å². The maximum Gasteiger partial charge on any atom is 0.244 e. The van der Waals surface area contributed by atoms with Gasteiger partial charge in [-0.05, 0) is 25.8 Å². The molecule has 0 radical (unpaired) electrons. The van der Waals surface area contributed by atoms with Gasteiger partial charge in [-0.1, -0.05) is 6.92 Å². The highest BCUT2D eigenvalue weighted by molar-refractivity contribution is 5.90. The Bertz CT molecular complexity index is 367. The Labute approximate surface area is 120 Å². The Morgan fingerprint density at radius 3 is 2.90 bits per heavy atom. The van der Waals surface area contributed by atoms with Crippen LogP contribution in [-0.4, -0.2) is 62.7 Å². The molecule has 0 aromatic heterocycles. The predicted octanol–water partition coefficient (Wildman–Crippen LogP) is -0.260. The first-order valence-corrected chi connectivity index (χ1v) is 7.46. The molecular weight excluding hydrogens is 258 g/mol. The molecular formula is C14H25N3O3. The molecule has 0 aliphatic carbocycles. The largest absolute Gasteiger partial charge is 0.377 e. The van der Waals surface area contributed by atoms with Crippen LogP contribution in [0.1, 0.15) is 26.2 Å². The molecule has 0 aromatic carbocycles. The maximum absolute atomic E-state index is 13.0. The molecule has 2 atom stereocenters. The van der Waals surface area contributed by atoms with E-state index in [1.54, 1.807) is 11.9 Å². The first-order chi connectivity index (χ1) is 9.64. The number of carbonyl (C=O) groups is 2. The topological polar surface area (TPSA) is 70.7 Å². The van der Waals surface area contributed by atoms with Crippen molar-refractivity contribution in [2.75, 3.05) is 39.9 Å². The highest BCUT2D eigenvalue weighted by Crippen LogP contribution is 2.33. The summed E-state index contributed by atoms with van der Waals surface area (Å²) in [4.78, 5) is 26.7. The van der Waals surface area contributed by atoms with Gasteiger partial charge < -0.3 is 20.3 Å². The van der Waals surface area contributed by atoms with Gasteiger partial charge >= 0.3 is 0 Å². The van der Waals surface area contributed by atoms with Gasteiger partial charge in [-0.25, -0.2) is 0 Å². The van der Waals surface area contributed by atoms with Crippen molar-refractivity contribution in [2.45, 2.75) is 32.2 Å². The highest BCUT2D eigenvalue weighted by atomic mass is 16.5. The zero-order valence-electron chi connectivity index (χ0n) is 12.4. The van der Waals surface area contributed by atoms with Gasteiger partial charge in [0, 0.05) is 20.1 Å². The number of rotatable bonds is 3. The summed E-state index contributed by atoms with van der Waals surface area (Å²) in [6.45, 7) is 5.03. The molecule has 2 aliphatic heterocycles. The third-order valence-corrected chi connectivity index (χ3v) is 4.54. The molecule has 0 aromatic rings. The molecule has 114 valence electrons. The standard InChI is InChI=1S/C14H25N3O3/c1-3-14(5-4-6-16-10-14)13(19)17-7-8-20-9-11(17)12(18)15-2/h11,16H,3-10H2,1-2H3,(H,15,18). The number of hydrogen-bond acceptors (Lipinski definition) is 4. The summed E-state index contributed by atoms with van der Waals surface area (Å²) < 4.78 is 5.37. The van der Waals surface area contributed by atoms with E-state index >= 15 is 0 Å². The molecule has 2 amide bonds. The van der Waals surface area contributed by atoms with Gasteiger partial charge in [-0.15, -0.1) is 0 Å². The first kappa shape index (κ1) is 15.3. The number of carbonyl (C=O) groups excluding carboxylic acids is 2. The van der Waals surface area contributed by atoms with Gasteiger partial charge in [0.15, 0.2) is 0 Å². The summed E-state index contributed by atoms with van der Waals surface area (Å²) in [5.41, 5.74) is -0.359. The highest BCUT2D eigenvalue weighted by Gasteiger charge is 2.44. The van der Waals surface area contributed by atoms with E-state index in [-0.39, 0.29) is 17.2 Å². The maximum atomic E-state index is 13.0. The Morgan fingerprint density at radius 1 is 1.50 bits per heavy atom. The van der Waals surface area contributed by atoms with Crippen molar-refractivity contribution in [1.29, 1.82) is 0 Å². The monoisotopic (exact) mass is 283 g/mol. The summed E-state index contributed by atoms with van der Waals surface area (Å²) in [7, 11) is 1.59. The van der Waals surface area contributed by atoms with Crippen LogP contribution in [0.2, 0.25) is 0 Å². The van der Waals surface area contributed by atoms with E-state index in [2.05, 4.69) is 17.6 Å². The van der Waals surface area contributed by atoms with Crippen LogP contribution < -0.4 is 10.6 Å². The second-order valence-corrected chi connectivity index (χ2v) is 5.62. The van der Waals surface area contributed by atoms with Crippen LogP contribution in [0.15, 0.2) is 0 Å². The molecule has 2 heterocycles. The van der Waals surface area contributed by atoms with E-state index in [0.717, 1.165) is 25.8 Å². The van der Waals surface area contributed by atoms with Crippen molar-refractivity contribution in [3.8, 4) is 0 Å². The number of piperidine rings is 1. The molecule has 0 saturated carbocycles. The van der Waals surface area contributed by atoms with Crippen LogP contribution in [0.25, 0.3) is 0 Å². The molecule has 2 aliphatic rings. The minimum absolute atomic E-state index is 0.101. The lowest BCUT2D eigenvalue weighted by Gasteiger charge is -2.43. The van der Waals surface area contributed by atoms with Gasteiger partial charge in [0.2, 0.25) is 11.8 Å². The molecule has 6 nitrogen and oxygen atoms in total. The summed E-state index contributed by atoms with van der Waals surface area (Å²) in [5, 5.41) is 5.95. The van der Waals surface area contributed by atoms with E-state index in [9.17, 15) is 9.59 Å². The van der Waals surface area contributed by atoms with Crippen molar-refractivity contribution >= 4 is 11.8 Å². The summed E-state index contributed by atoms with van der Waals surface area (Å²) in [6.07, 6.45) is 2.71. The van der Waals surface area contributed by atoms with Crippen molar-refractivity contribution in [2.24, 2.45) is 5.41 Å². The zero-order chi connectivity index (χ0) is 14.6. The average molecular weight is 283 g/mol. The molecule has 2 fully saturated rings. The number of amides is 2. The van der Waals surface area contributed by atoms with Crippen LogP contribution in [0.4, 0.5) is 0 Å². The van der Waals surface area contributed by atoms with E-state index in [1.807, 2.05) is 0 Å². The minimum Gasteiger partial charge on any atom is -0.377 e. The third-order valence-electron chi connectivity index (χ3n) is 4.54. The SMILES string of the molecule is CCC1(C(=O)N2CCOCC2C(=O)NC)CCCNC1. The van der Waals surface area contributed by atoms with Gasteiger partial charge in [0.05, 0.1) is 18.6 Å². The van der Waals surface area contributed by atoms with Crippen LogP contribution >= 0.6 is 0 Å². The third kappa shape index (κ3) is 2.81. The molecule has 2 saturated heterocycles. The number of nitrogens with one attached hydrogen (secondary N) is 2. The number of nitrogens with zero attached hydrogens (tertiary/aromatic N) is 1. The fraction of sp³-hybridized carbons (Fsp3) is 0.857. The predicted molar refractivity (Wildman–Crippen MR) is 75.2 cm³/mol. The first-order valence-electron chi connectivity index (χ1n) is 7.46. The van der Waals surface area contributed by atoms with Gasteiger partial charge in [0.25, 0.3) is 0 Å². The van der Waals surface area contributed by atoms with E-state index in [4.69, 9.17) is 4.74 Å². The van der Waals surface area contributed by atoms with E-state index < -0.39 is 6.04 Å². The molecule has 0 spiro atoms. The van der Waals surface area contributed by atoms with Crippen molar-refractivity contribution in [3.05, 3.63) is 0 Å². The Kier molecular flexibility index (Phi) is 4.99. The Balaban J connectivity index is 2.17. The van der Waals surface area contributed by atoms with Crippen LogP contribution in [0.3, 0.4) is 0 Å². The lowest BCUT2D eigenvalue weighted by molar-refractivity contribution is -0.157. The smallest absolute Gasteiger partial charge is 0.244 e. The molecule has 2 N–H and O–H groups in total. The van der Waals surface area contributed by atoms with E-state index in [0.29, 0.717) is 26.3 Å². The number of ether oxygens (including phenoxy) is 1. The summed E-state index contributed by atoms with van der Waals surface area (Å²) >= 11 is 0. The van der Waals surface area contributed by atoms with Crippen LogP contribution in [-0.2, 0) is 14.3 Å². The lowest BCUT2D eigenvalue weighted by Crippen LogP contribution is -2.61. The Hall–Kier alpha value is -1.14. The van der Waals surface area contributed by atoms with Crippen molar-refractivity contribution in [1.82, 2.24) is 15.5 Å². The van der Waals surface area contributed by atoms with Gasteiger partial charge in [0.1, 0.15) is 6.04 Å². The van der Waals surface area contributed by atoms with Crippen molar-refractivity contribution < 1.29 is 14.3 Å². The molecule has 6 heteroatoms. The van der Waals surface area contributed by atoms with Gasteiger partial charge in [-0.3, -0.25) is 9.59 Å². The van der Waals surface area contributed by atoms with Crippen molar-refractivity contribution in [3.63, 3.8) is 0 Å². The van der Waals surface area contributed by atoms with Crippen LogP contribution in [0, 0.1) is 5.41 Å². The van der Waals surface area contributed by atoms with Crippen LogP contribution in [0.5, 0.6) is 0 Å². The quantitative estimate of drug-likeness (QED) is 0.749. The minimum atomic E-state index is -0.494. The number of hydrogen-bond donors (Lipinski definition) is 2. The summed E-state index contributed by atoms with van der Waals surface area (Å²) in [5.74, 6) is -0.0443. The van der Waals surface area contributed by atoms with Gasteiger partial charge in [-0.2, -0.15) is 0 Å². The normalized spacial score (nSPS) is 30.9. The fourth-order valence-corrected chi connectivity index (χ4v) is 3.14. The zero-order valence-corrected chi connectivity index (χ0v) is 12.4. The molecule has 2 unspecified atom stereocenters. The number of morpholine rings is 1. The Morgan fingerprint density at radius 2 is 2.30 bits per heavy atom. The lowest BCUT2D eigenvalue weighted by atomic mass is 9.76. The fourth-order valence-electron chi connectivity index (χ4n) is 3.14.